The Morgan fingerprint density at radius 2 is 1.77 bits per heavy atom. The summed E-state index contributed by atoms with van der Waals surface area (Å²) in [6.07, 6.45) is 5.31. The smallest absolute Gasteiger partial charge is 0.418 e. The summed E-state index contributed by atoms with van der Waals surface area (Å²) in [6, 6.07) is 12.7. The van der Waals surface area contributed by atoms with Crippen LogP contribution in [0.1, 0.15) is 32.1 Å². The zero-order valence-electron chi connectivity index (χ0n) is 17.4. The molecule has 0 spiro atoms. The standard InChI is InChI=1S/C20H21ClFNO2.C3H6O3/c21-16-9-11-18(12-10-16)23(19-8-4-7-17(22)13-19)20(24)25-14-15-5-2-1-3-6-15;1-6-2-3(4)5/h4,7-13,15H,1-3,5-6,14H2;2H2,1H3,(H,4,5). The molecule has 168 valence electrons. The SMILES string of the molecule is COCC(=O)O.O=C(OCC1CCCCC1)N(c1ccc(Cl)cc1)c1cccc(F)c1. The quantitative estimate of drug-likeness (QED) is 0.578. The Balaban J connectivity index is 0.000000501. The van der Waals surface area contributed by atoms with E-state index in [9.17, 15) is 14.0 Å². The second kappa shape index (κ2) is 12.9. The molecule has 8 heteroatoms. The number of hydrogen-bond donors (Lipinski definition) is 1. The molecule has 0 unspecified atom stereocenters. The average Bonchev–Trinajstić information content (AvgIpc) is 2.75. The van der Waals surface area contributed by atoms with Crippen molar-refractivity contribution < 1.29 is 28.6 Å². The van der Waals surface area contributed by atoms with Crippen LogP contribution in [-0.4, -0.2) is 37.5 Å². The van der Waals surface area contributed by atoms with Crippen molar-refractivity contribution in [2.45, 2.75) is 32.1 Å². The number of aliphatic carboxylic acids is 1. The highest BCUT2D eigenvalue weighted by Crippen LogP contribution is 2.29. The van der Waals surface area contributed by atoms with Crippen LogP contribution < -0.4 is 4.90 Å². The van der Waals surface area contributed by atoms with Crippen LogP contribution in [0.5, 0.6) is 0 Å². The number of methoxy groups -OCH3 is 1. The Hall–Kier alpha value is -2.64. The first-order valence-corrected chi connectivity index (χ1v) is 10.5. The molecule has 1 saturated carbocycles. The zero-order chi connectivity index (χ0) is 22.6. The topological polar surface area (TPSA) is 76.1 Å². The summed E-state index contributed by atoms with van der Waals surface area (Å²) in [6.45, 7) is 0.193. The van der Waals surface area contributed by atoms with Crippen molar-refractivity contribution in [2.75, 3.05) is 25.2 Å². The van der Waals surface area contributed by atoms with Crippen LogP contribution in [-0.2, 0) is 14.3 Å². The first-order valence-electron chi connectivity index (χ1n) is 10.1. The predicted molar refractivity (Wildman–Crippen MR) is 117 cm³/mol. The number of rotatable bonds is 6. The highest BCUT2D eigenvalue weighted by atomic mass is 35.5. The minimum Gasteiger partial charge on any atom is -0.480 e. The second-order valence-electron chi connectivity index (χ2n) is 7.20. The first-order chi connectivity index (χ1) is 14.9. The molecule has 1 amide bonds. The van der Waals surface area contributed by atoms with Gasteiger partial charge in [-0.2, -0.15) is 0 Å². The molecule has 0 atom stereocenters. The number of halogens is 2. The Morgan fingerprint density at radius 3 is 2.32 bits per heavy atom. The highest BCUT2D eigenvalue weighted by molar-refractivity contribution is 6.30. The van der Waals surface area contributed by atoms with Crippen molar-refractivity contribution in [1.29, 1.82) is 0 Å². The molecule has 3 rings (SSSR count). The summed E-state index contributed by atoms with van der Waals surface area (Å²) < 4.78 is 23.4. The normalized spacial score (nSPS) is 13.6. The zero-order valence-corrected chi connectivity index (χ0v) is 18.2. The Labute approximate surface area is 186 Å². The fraction of sp³-hybridized carbons (Fsp3) is 0.391. The van der Waals surface area contributed by atoms with Crippen LogP contribution in [0.2, 0.25) is 5.02 Å². The third-order valence-corrected chi connectivity index (χ3v) is 5.02. The summed E-state index contributed by atoms with van der Waals surface area (Å²) in [5.74, 6) is -0.925. The number of anilines is 2. The van der Waals surface area contributed by atoms with E-state index in [-0.39, 0.29) is 6.61 Å². The summed E-state index contributed by atoms with van der Waals surface area (Å²) in [5.41, 5.74) is 1.01. The molecule has 6 nitrogen and oxygen atoms in total. The van der Waals surface area contributed by atoms with E-state index in [0.29, 0.717) is 28.9 Å². The molecule has 2 aromatic rings. The fourth-order valence-electron chi connectivity index (χ4n) is 3.30. The van der Waals surface area contributed by atoms with Gasteiger partial charge in [-0.25, -0.2) is 18.9 Å². The Bertz CT molecular complexity index is 840. The number of carboxylic acids is 1. The molecule has 0 saturated heterocycles. The number of carbonyl (C=O) groups excluding carboxylic acids is 1. The number of nitrogens with zero attached hydrogens (tertiary/aromatic N) is 1. The van der Waals surface area contributed by atoms with Crippen LogP contribution in [0.15, 0.2) is 48.5 Å². The largest absolute Gasteiger partial charge is 0.480 e. The van der Waals surface area contributed by atoms with Gasteiger partial charge in [0.15, 0.2) is 0 Å². The minimum atomic E-state index is -0.933. The molecule has 2 aromatic carbocycles. The van der Waals surface area contributed by atoms with Crippen LogP contribution in [0, 0.1) is 11.7 Å². The van der Waals surface area contributed by atoms with Crippen molar-refractivity contribution in [3.8, 4) is 0 Å². The van der Waals surface area contributed by atoms with Gasteiger partial charge < -0.3 is 14.6 Å². The molecule has 1 aliphatic carbocycles. The molecule has 0 aromatic heterocycles. The predicted octanol–water partition coefficient (Wildman–Crippen LogP) is 6.05. The van der Waals surface area contributed by atoms with E-state index in [0.717, 1.165) is 12.8 Å². The van der Waals surface area contributed by atoms with Crippen LogP contribution >= 0.6 is 11.6 Å². The highest BCUT2D eigenvalue weighted by Gasteiger charge is 2.22. The summed E-state index contributed by atoms with van der Waals surface area (Å²) >= 11 is 5.94. The van der Waals surface area contributed by atoms with Gasteiger partial charge in [0.2, 0.25) is 0 Å². The molecule has 31 heavy (non-hydrogen) atoms. The van der Waals surface area contributed by atoms with Gasteiger partial charge in [-0.05, 0) is 61.2 Å². The van der Waals surface area contributed by atoms with Crippen LogP contribution in [0.25, 0.3) is 0 Å². The van der Waals surface area contributed by atoms with Gasteiger partial charge in [0.25, 0.3) is 0 Å². The van der Waals surface area contributed by atoms with Crippen molar-refractivity contribution in [3.63, 3.8) is 0 Å². The van der Waals surface area contributed by atoms with Gasteiger partial charge in [-0.15, -0.1) is 0 Å². The van der Waals surface area contributed by atoms with Crippen LogP contribution in [0.4, 0.5) is 20.6 Å². The summed E-state index contributed by atoms with van der Waals surface area (Å²) in [7, 11) is 1.34. The lowest BCUT2D eigenvalue weighted by Gasteiger charge is -2.25. The van der Waals surface area contributed by atoms with E-state index in [4.69, 9.17) is 21.4 Å². The first kappa shape index (κ1) is 24.6. The van der Waals surface area contributed by atoms with Crippen LogP contribution in [0.3, 0.4) is 0 Å². The number of carboxylic acid groups (broad SMARTS) is 1. The lowest BCUT2D eigenvalue weighted by Crippen LogP contribution is -2.29. The van der Waals surface area contributed by atoms with Crippen molar-refractivity contribution >= 4 is 35.0 Å². The number of hydrogen-bond acceptors (Lipinski definition) is 4. The van der Waals surface area contributed by atoms with Gasteiger partial charge in [-0.3, -0.25) is 0 Å². The van der Waals surface area contributed by atoms with Crippen molar-refractivity contribution in [2.24, 2.45) is 5.92 Å². The van der Waals surface area contributed by atoms with Crippen molar-refractivity contribution in [1.82, 2.24) is 0 Å². The molecule has 0 bridgehead atoms. The number of ether oxygens (including phenoxy) is 2. The molecule has 1 aliphatic rings. The Kier molecular flexibility index (Phi) is 10.3. The van der Waals surface area contributed by atoms with E-state index in [2.05, 4.69) is 4.74 Å². The van der Waals surface area contributed by atoms with E-state index in [1.165, 1.54) is 43.4 Å². The summed E-state index contributed by atoms with van der Waals surface area (Å²) in [5, 5.41) is 8.36. The van der Waals surface area contributed by atoms with Crippen molar-refractivity contribution in [3.05, 3.63) is 59.4 Å². The lowest BCUT2D eigenvalue weighted by atomic mass is 9.90. The van der Waals surface area contributed by atoms with E-state index in [1.807, 2.05) is 0 Å². The van der Waals surface area contributed by atoms with Gasteiger partial charge in [-0.1, -0.05) is 36.9 Å². The maximum Gasteiger partial charge on any atom is 0.418 e. The summed E-state index contributed by atoms with van der Waals surface area (Å²) in [4.78, 5) is 23.6. The lowest BCUT2D eigenvalue weighted by molar-refractivity contribution is -0.141. The number of benzene rings is 2. The van der Waals surface area contributed by atoms with Gasteiger partial charge in [0, 0.05) is 12.1 Å². The monoisotopic (exact) mass is 451 g/mol. The third-order valence-electron chi connectivity index (χ3n) is 4.77. The Morgan fingerprint density at radius 1 is 1.10 bits per heavy atom. The number of carbonyl (C=O) groups is 2. The maximum absolute atomic E-state index is 13.6. The maximum atomic E-state index is 13.6. The molecular weight excluding hydrogens is 425 g/mol. The minimum absolute atomic E-state index is 0.208. The fourth-order valence-corrected chi connectivity index (χ4v) is 3.42. The van der Waals surface area contributed by atoms with Gasteiger partial charge in [0.1, 0.15) is 12.4 Å². The second-order valence-corrected chi connectivity index (χ2v) is 7.64. The van der Waals surface area contributed by atoms with E-state index >= 15 is 0 Å². The molecule has 0 radical (unpaired) electrons. The van der Waals surface area contributed by atoms with Gasteiger partial charge in [0.05, 0.1) is 18.0 Å². The average molecular weight is 452 g/mol. The number of amides is 1. The van der Waals surface area contributed by atoms with Gasteiger partial charge >= 0.3 is 12.1 Å². The molecular formula is C23H27ClFNO5. The van der Waals surface area contributed by atoms with E-state index in [1.54, 1.807) is 36.4 Å². The van der Waals surface area contributed by atoms with E-state index < -0.39 is 17.9 Å². The third kappa shape index (κ3) is 8.55. The molecule has 1 fully saturated rings. The molecule has 1 N–H and O–H groups in total. The molecule has 0 heterocycles. The molecule has 0 aliphatic heterocycles.